The van der Waals surface area contributed by atoms with Crippen LogP contribution in [-0.4, -0.2) is 204 Å². The number of carbonyl (C=O) groups excluding carboxylic acids is 12. The van der Waals surface area contributed by atoms with E-state index in [4.69, 9.17) is 5.73 Å². The van der Waals surface area contributed by atoms with Crippen molar-refractivity contribution in [2.75, 3.05) is 39.3 Å². The van der Waals surface area contributed by atoms with Crippen molar-refractivity contribution in [1.29, 1.82) is 0 Å². The van der Waals surface area contributed by atoms with Crippen LogP contribution in [0.3, 0.4) is 0 Å². The number of aromatic nitrogens is 6. The molecular formula is C60H74N18O13. The summed E-state index contributed by atoms with van der Waals surface area (Å²) in [6, 6.07) is 1.47. The quantitative estimate of drug-likeness (QED) is 0.0272. The summed E-state index contributed by atoms with van der Waals surface area (Å²) >= 11 is 0. The van der Waals surface area contributed by atoms with E-state index in [1.807, 2.05) is 6.07 Å². The van der Waals surface area contributed by atoms with Crippen molar-refractivity contribution in [2.24, 2.45) is 5.73 Å². The van der Waals surface area contributed by atoms with Gasteiger partial charge in [-0.3, -0.25) is 62.9 Å². The number of nitrogens with one attached hydrogen (secondary N) is 14. The number of aromatic amines is 4. The van der Waals surface area contributed by atoms with Crippen LogP contribution < -0.4 is 58.9 Å². The number of aliphatic hydroxyl groups excluding tert-OH is 1. The number of aliphatic hydroxyl groups is 1. The fraction of sp³-hybridized carbons (Fsp3) is 0.433. The van der Waals surface area contributed by atoms with Crippen LogP contribution in [0.25, 0.3) is 21.8 Å². The van der Waals surface area contributed by atoms with Gasteiger partial charge in [-0.2, -0.15) is 0 Å². The Kier molecular flexibility index (Phi) is 22.1. The first-order chi connectivity index (χ1) is 43.9. The Bertz CT molecular complexity index is 3620. The zero-order chi connectivity index (χ0) is 64.6. The first-order valence-corrected chi connectivity index (χ1v) is 30.1. The van der Waals surface area contributed by atoms with Gasteiger partial charge < -0.3 is 83.5 Å². The number of nitrogens with two attached hydrogens (primary N) is 1. The minimum atomic E-state index is -1.81. The van der Waals surface area contributed by atoms with Gasteiger partial charge in [0.05, 0.1) is 32.4 Å². The van der Waals surface area contributed by atoms with E-state index >= 15 is 0 Å². The molecule has 7 heterocycles. The highest BCUT2D eigenvalue weighted by molar-refractivity contribution is 6.08. The first kappa shape index (κ1) is 65.3. The van der Waals surface area contributed by atoms with Gasteiger partial charge in [0, 0.05) is 110 Å². The van der Waals surface area contributed by atoms with Crippen LogP contribution in [0.5, 0.6) is 0 Å². The smallest absolute Gasteiger partial charge is 0.245 e. The number of primary amides is 1. The average Bonchev–Trinajstić information content (AvgIpc) is 2.09. The molecule has 0 saturated carbocycles. The summed E-state index contributed by atoms with van der Waals surface area (Å²) in [5, 5.41) is 39.0. The van der Waals surface area contributed by atoms with Crippen molar-refractivity contribution < 1.29 is 62.6 Å². The molecule has 0 spiro atoms. The maximum absolute atomic E-state index is 14.8. The Hall–Kier alpha value is -10.1. The van der Waals surface area contributed by atoms with Gasteiger partial charge in [-0.15, -0.1) is 0 Å². The van der Waals surface area contributed by atoms with E-state index in [-0.39, 0.29) is 76.9 Å². The molecule has 0 unspecified atom stereocenters. The summed E-state index contributed by atoms with van der Waals surface area (Å²) in [5.74, 6) is -9.41. The van der Waals surface area contributed by atoms with Crippen molar-refractivity contribution in [3.8, 4) is 0 Å². The van der Waals surface area contributed by atoms with Gasteiger partial charge in [-0.25, -0.2) is 9.97 Å². The standard InChI is InChI=1S/C60H74N18O13/c61-50(82)28-68-58(89)48-13-7-17-78(48)60(91)41-12-5-6-15-62-27-36(80)22-46(56(87)73-42(52(83)71-41)18-32-23-66-39-10-3-1-8-37(32)39)75-54(85)44(20-34-25-63-30-69-34)74-57(88)47(29-79)77-53(84)43(19-33-24-67-40-11-4-2-9-38(33)40)72-55(86)45(21-35-26-64-31-70-35)76-59(90)51-49(81)14-16-65-51/h1-4,8-11,23-26,30-31,41-48,51,62,65-67,79H,5-7,12-22,27-29H2,(H2,61,82)(H,63,69)(H,64,70)(H,68,89)(H,71,83)(H,72,86)(H,73,87)(H,74,88)(H,75,85)(H,76,90)(H,77,84)/t41-,42-,43-,44-,45-,46-,47-,48+,51+/m0/s1. The van der Waals surface area contributed by atoms with Gasteiger partial charge in [0.15, 0.2) is 5.78 Å². The molecule has 0 radical (unpaired) electrons. The average molecular weight is 1260 g/mol. The molecular weight excluding hydrogens is 1180 g/mol. The van der Waals surface area contributed by atoms with Crippen LogP contribution in [0.1, 0.15) is 67.5 Å². The molecule has 3 fully saturated rings. The number of para-hydroxylation sites is 2. The third-order valence-electron chi connectivity index (χ3n) is 16.2. The Labute approximate surface area is 519 Å². The molecule has 3 aliphatic heterocycles. The lowest BCUT2D eigenvalue weighted by Crippen LogP contribution is -2.62. The zero-order valence-electron chi connectivity index (χ0n) is 49.6. The van der Waals surface area contributed by atoms with Crippen molar-refractivity contribution in [3.05, 3.63) is 108 Å². The summed E-state index contributed by atoms with van der Waals surface area (Å²) in [5.41, 5.74) is 8.54. The van der Waals surface area contributed by atoms with Crippen LogP contribution in [0.15, 0.2) is 86.0 Å². The summed E-state index contributed by atoms with van der Waals surface area (Å²) in [6.45, 7) is -1.07. The molecule has 4 aromatic heterocycles. The van der Waals surface area contributed by atoms with E-state index in [0.717, 1.165) is 0 Å². The van der Waals surface area contributed by atoms with Gasteiger partial charge in [0.2, 0.25) is 59.1 Å². The lowest BCUT2D eigenvalue weighted by molar-refractivity contribution is -0.142. The summed E-state index contributed by atoms with van der Waals surface area (Å²) in [6.07, 6.45) is 9.03. The van der Waals surface area contributed by atoms with Gasteiger partial charge in [0.25, 0.3) is 0 Å². The number of nitrogens with zero attached hydrogens (tertiary/aromatic N) is 3. The molecule has 9 atom stereocenters. The lowest BCUT2D eigenvalue weighted by Gasteiger charge is -2.30. The zero-order valence-corrected chi connectivity index (χ0v) is 49.6. The number of rotatable bonds is 23. The number of likely N-dealkylation sites (tertiary alicyclic amines) is 1. The summed E-state index contributed by atoms with van der Waals surface area (Å²) in [4.78, 5) is 188. The largest absolute Gasteiger partial charge is 0.394 e. The first-order valence-electron chi connectivity index (χ1n) is 30.1. The molecule has 0 bridgehead atoms. The molecule has 31 heteroatoms. The molecule has 2 aromatic carbocycles. The van der Waals surface area contributed by atoms with Crippen LogP contribution in [0, 0.1) is 0 Å². The molecule has 17 N–H and O–H groups in total. The van der Waals surface area contributed by atoms with Gasteiger partial charge in [-0.05, 0) is 61.9 Å². The van der Waals surface area contributed by atoms with Crippen molar-refractivity contribution >= 4 is 92.4 Å². The number of Topliss-reactive ketones (excluding diaryl/α,β-unsaturated/α-hetero) is 2. The van der Waals surface area contributed by atoms with Crippen LogP contribution >= 0.6 is 0 Å². The number of imidazole rings is 2. The predicted molar refractivity (Wildman–Crippen MR) is 324 cm³/mol. The Morgan fingerprint density at radius 3 is 1.90 bits per heavy atom. The normalized spacial score (nSPS) is 20.6. The van der Waals surface area contributed by atoms with E-state index in [1.165, 1.54) is 29.9 Å². The summed E-state index contributed by atoms with van der Waals surface area (Å²) < 4.78 is 0. The third kappa shape index (κ3) is 17.2. The van der Waals surface area contributed by atoms with Gasteiger partial charge >= 0.3 is 0 Å². The van der Waals surface area contributed by atoms with Crippen molar-refractivity contribution in [2.45, 2.75) is 125 Å². The van der Waals surface area contributed by atoms with Crippen LogP contribution in [0.4, 0.5) is 0 Å². The van der Waals surface area contributed by atoms with E-state index in [2.05, 4.69) is 83.1 Å². The topological polar surface area (TPSA) is 464 Å². The Morgan fingerprint density at radius 2 is 1.27 bits per heavy atom. The Balaban J connectivity index is 0.951. The van der Waals surface area contributed by atoms with Crippen LogP contribution in [-0.2, 0) is 83.2 Å². The van der Waals surface area contributed by atoms with Crippen molar-refractivity contribution in [3.63, 3.8) is 0 Å². The molecule has 6 aromatic rings. The number of hydrogen-bond acceptors (Lipinski definition) is 17. The number of hydrogen-bond donors (Lipinski definition) is 16. The SMILES string of the molecule is NC(=O)CNC(=O)[C@H]1CCCN1C(=O)[C@@H]1CCCCNCC(=O)C[C@H](NC(=O)[C@H](Cc2cnc[nH]2)NC(=O)[C@H](CO)NC(=O)[C@H](Cc2c[nH]c3ccccc23)NC(=O)[C@H](Cc2cnc[nH]2)NC(=O)[C@@H]2NCCC2=O)C(=O)N[C@@H](Cc2c[nH]c3ccccc23)C(=O)N1. The van der Waals surface area contributed by atoms with E-state index in [9.17, 15) is 62.6 Å². The molecule has 3 aliphatic rings. The molecule has 9 rings (SSSR count). The van der Waals surface area contributed by atoms with E-state index in [0.29, 0.717) is 63.6 Å². The second-order valence-corrected chi connectivity index (χ2v) is 22.7. The maximum Gasteiger partial charge on any atom is 0.245 e. The number of carbonyl (C=O) groups is 12. The molecule has 31 nitrogen and oxygen atoms in total. The molecule has 0 aliphatic carbocycles. The molecule has 10 amide bonds. The highest BCUT2D eigenvalue weighted by Gasteiger charge is 2.41. The highest BCUT2D eigenvalue weighted by Crippen LogP contribution is 2.23. The molecule has 3 saturated heterocycles. The van der Waals surface area contributed by atoms with E-state index in [1.54, 1.807) is 54.9 Å². The second kappa shape index (κ2) is 30.9. The second-order valence-electron chi connectivity index (χ2n) is 22.7. The number of ketones is 2. The minimum Gasteiger partial charge on any atom is -0.394 e. The number of fused-ring (bicyclic) bond motifs is 2. The number of amides is 10. The van der Waals surface area contributed by atoms with E-state index < -0.39 is 139 Å². The van der Waals surface area contributed by atoms with Crippen LogP contribution in [0.2, 0.25) is 0 Å². The molecule has 91 heavy (non-hydrogen) atoms. The monoisotopic (exact) mass is 1250 g/mol. The predicted octanol–water partition coefficient (Wildman–Crippen LogP) is -3.99. The van der Waals surface area contributed by atoms with Gasteiger partial charge in [-0.1, -0.05) is 36.4 Å². The fourth-order valence-electron chi connectivity index (χ4n) is 11.4. The molecule has 482 valence electrons. The highest BCUT2D eigenvalue weighted by atomic mass is 16.3. The van der Waals surface area contributed by atoms with Gasteiger partial charge in [0.1, 0.15) is 60.2 Å². The fourth-order valence-corrected chi connectivity index (χ4v) is 11.4. The summed E-state index contributed by atoms with van der Waals surface area (Å²) in [7, 11) is 0. The third-order valence-corrected chi connectivity index (χ3v) is 16.2. The minimum absolute atomic E-state index is 0.100. The number of H-pyrrole nitrogens is 4. The van der Waals surface area contributed by atoms with Crippen molar-refractivity contribution in [1.82, 2.24) is 88.0 Å². The Morgan fingerprint density at radius 1 is 0.659 bits per heavy atom. The number of benzene rings is 2. The maximum atomic E-state index is 14.8. The lowest BCUT2D eigenvalue weighted by atomic mass is 10.0.